The van der Waals surface area contributed by atoms with Gasteiger partial charge in [0.25, 0.3) is 5.91 Å². The van der Waals surface area contributed by atoms with Crippen LogP contribution in [0.4, 0.5) is 0 Å². The molecule has 1 aliphatic heterocycles. The zero-order valence-electron chi connectivity index (χ0n) is 16.2. The molecule has 1 heterocycles. The first-order chi connectivity index (χ1) is 13.3. The standard InChI is InChI=1S/C21H25ClN2O3S/c1-16-6-3-4-7-18(16)15-23-10-5-11-24(13-12-23)21(25)17-8-9-19(22)20(14-17)28(2,26)27/h3-4,6-9,14H,5,10-13,15H2,1-2H3. The molecule has 0 unspecified atom stereocenters. The van der Waals surface area contributed by atoms with E-state index in [1.54, 1.807) is 11.0 Å². The van der Waals surface area contributed by atoms with Gasteiger partial charge in [0.15, 0.2) is 9.84 Å². The predicted molar refractivity (Wildman–Crippen MR) is 112 cm³/mol. The van der Waals surface area contributed by atoms with Crippen molar-refractivity contribution < 1.29 is 13.2 Å². The lowest BCUT2D eigenvalue weighted by Crippen LogP contribution is -2.35. The quantitative estimate of drug-likeness (QED) is 0.760. The molecule has 0 spiro atoms. The van der Waals surface area contributed by atoms with Crippen LogP contribution in [-0.4, -0.2) is 56.6 Å². The van der Waals surface area contributed by atoms with Gasteiger partial charge in [0.05, 0.1) is 9.92 Å². The van der Waals surface area contributed by atoms with Crippen LogP contribution < -0.4 is 0 Å². The summed E-state index contributed by atoms with van der Waals surface area (Å²) < 4.78 is 23.8. The first kappa shape index (κ1) is 20.8. The second-order valence-corrected chi connectivity index (χ2v) is 9.66. The van der Waals surface area contributed by atoms with Crippen molar-refractivity contribution in [2.45, 2.75) is 24.8 Å². The Bertz CT molecular complexity index is 975. The van der Waals surface area contributed by atoms with Gasteiger partial charge in [0, 0.05) is 44.5 Å². The Labute approximate surface area is 171 Å². The zero-order chi connectivity index (χ0) is 20.3. The number of rotatable bonds is 4. The van der Waals surface area contributed by atoms with Gasteiger partial charge in [-0.15, -0.1) is 0 Å². The monoisotopic (exact) mass is 420 g/mol. The molecule has 2 aromatic rings. The highest BCUT2D eigenvalue weighted by Gasteiger charge is 2.22. The number of carbonyl (C=O) groups is 1. The number of halogens is 1. The number of carbonyl (C=O) groups excluding carboxylic acids is 1. The van der Waals surface area contributed by atoms with Crippen molar-refractivity contribution in [3.8, 4) is 0 Å². The molecule has 0 bridgehead atoms. The minimum absolute atomic E-state index is 0.00369. The molecule has 0 aliphatic carbocycles. The summed E-state index contributed by atoms with van der Waals surface area (Å²) in [5.74, 6) is -0.153. The normalized spacial score (nSPS) is 16.0. The number of sulfone groups is 1. The highest BCUT2D eigenvalue weighted by Crippen LogP contribution is 2.23. The van der Waals surface area contributed by atoms with Crippen LogP contribution in [0.3, 0.4) is 0 Å². The maximum absolute atomic E-state index is 12.9. The summed E-state index contributed by atoms with van der Waals surface area (Å²) in [6, 6.07) is 12.8. The first-order valence-electron chi connectivity index (χ1n) is 9.31. The first-order valence-corrected chi connectivity index (χ1v) is 11.6. The molecule has 3 rings (SSSR count). The molecule has 0 atom stereocenters. The third kappa shape index (κ3) is 4.93. The second-order valence-electron chi connectivity index (χ2n) is 7.27. The van der Waals surface area contributed by atoms with E-state index in [0.717, 1.165) is 32.3 Å². The van der Waals surface area contributed by atoms with Crippen molar-refractivity contribution in [3.05, 3.63) is 64.2 Å². The summed E-state index contributed by atoms with van der Waals surface area (Å²) in [6.07, 6.45) is 1.97. The fourth-order valence-electron chi connectivity index (χ4n) is 3.46. The van der Waals surface area contributed by atoms with Gasteiger partial charge < -0.3 is 4.90 Å². The maximum atomic E-state index is 12.9. The molecular weight excluding hydrogens is 396 g/mol. The molecule has 0 radical (unpaired) electrons. The molecule has 0 N–H and O–H groups in total. The smallest absolute Gasteiger partial charge is 0.253 e. The Morgan fingerprint density at radius 1 is 1.07 bits per heavy atom. The van der Waals surface area contributed by atoms with Crippen LogP contribution in [0.5, 0.6) is 0 Å². The van der Waals surface area contributed by atoms with Gasteiger partial charge in [0.2, 0.25) is 0 Å². The predicted octanol–water partition coefficient (Wildman–Crippen LogP) is 3.40. The Kier molecular flexibility index (Phi) is 6.43. The van der Waals surface area contributed by atoms with Crippen molar-refractivity contribution in [2.75, 3.05) is 32.4 Å². The van der Waals surface area contributed by atoms with Crippen LogP contribution in [0.15, 0.2) is 47.4 Å². The summed E-state index contributed by atoms with van der Waals surface area (Å²) in [6.45, 7) is 5.96. The van der Waals surface area contributed by atoms with Crippen molar-refractivity contribution in [2.24, 2.45) is 0 Å². The third-order valence-electron chi connectivity index (χ3n) is 5.11. The number of amides is 1. The second kappa shape index (κ2) is 8.64. The molecule has 0 aromatic heterocycles. The molecule has 1 aliphatic rings. The van der Waals surface area contributed by atoms with Crippen LogP contribution in [-0.2, 0) is 16.4 Å². The number of hydrogen-bond donors (Lipinski definition) is 0. The van der Waals surface area contributed by atoms with Crippen LogP contribution in [0.2, 0.25) is 5.02 Å². The van der Waals surface area contributed by atoms with Crippen molar-refractivity contribution in [3.63, 3.8) is 0 Å². The number of nitrogens with zero attached hydrogens (tertiary/aromatic N) is 2. The molecule has 2 aromatic carbocycles. The Balaban J connectivity index is 1.70. The van der Waals surface area contributed by atoms with E-state index in [-0.39, 0.29) is 15.8 Å². The number of benzene rings is 2. The lowest BCUT2D eigenvalue weighted by atomic mass is 10.1. The number of hydrogen-bond acceptors (Lipinski definition) is 4. The van der Waals surface area contributed by atoms with E-state index >= 15 is 0 Å². The third-order valence-corrected chi connectivity index (χ3v) is 6.69. The molecule has 7 heteroatoms. The highest BCUT2D eigenvalue weighted by atomic mass is 35.5. The van der Waals surface area contributed by atoms with E-state index in [4.69, 9.17) is 11.6 Å². The van der Waals surface area contributed by atoms with Crippen LogP contribution >= 0.6 is 11.6 Å². The van der Waals surface area contributed by atoms with E-state index in [2.05, 4.69) is 30.0 Å². The fraction of sp³-hybridized carbons (Fsp3) is 0.381. The molecular formula is C21H25ClN2O3S. The highest BCUT2D eigenvalue weighted by molar-refractivity contribution is 7.90. The van der Waals surface area contributed by atoms with Crippen molar-refractivity contribution in [1.82, 2.24) is 9.80 Å². The average molecular weight is 421 g/mol. The molecule has 1 amide bonds. The summed E-state index contributed by atoms with van der Waals surface area (Å²) in [7, 11) is -3.49. The van der Waals surface area contributed by atoms with Gasteiger partial charge in [0.1, 0.15) is 0 Å². The van der Waals surface area contributed by atoms with Gasteiger partial charge in [-0.1, -0.05) is 35.9 Å². The minimum Gasteiger partial charge on any atom is -0.337 e. The van der Waals surface area contributed by atoms with E-state index in [0.29, 0.717) is 18.7 Å². The molecule has 1 fully saturated rings. The van der Waals surface area contributed by atoms with Gasteiger partial charge in [-0.05, 0) is 42.7 Å². The largest absolute Gasteiger partial charge is 0.337 e. The summed E-state index contributed by atoms with van der Waals surface area (Å²) in [5.41, 5.74) is 2.93. The summed E-state index contributed by atoms with van der Waals surface area (Å²) >= 11 is 6.00. The number of aryl methyl sites for hydroxylation is 1. The molecule has 150 valence electrons. The molecule has 0 saturated carbocycles. The van der Waals surface area contributed by atoms with Gasteiger partial charge >= 0.3 is 0 Å². The summed E-state index contributed by atoms with van der Waals surface area (Å²) in [5, 5.41) is 0.138. The van der Waals surface area contributed by atoms with Gasteiger partial charge in [-0.2, -0.15) is 0 Å². The Morgan fingerprint density at radius 3 is 2.54 bits per heavy atom. The Hall–Kier alpha value is -1.89. The average Bonchev–Trinajstić information content (AvgIpc) is 2.88. The molecule has 1 saturated heterocycles. The van der Waals surface area contributed by atoms with E-state index in [9.17, 15) is 13.2 Å². The van der Waals surface area contributed by atoms with Crippen LogP contribution in [0, 0.1) is 6.92 Å². The zero-order valence-corrected chi connectivity index (χ0v) is 17.8. The van der Waals surface area contributed by atoms with Crippen molar-refractivity contribution in [1.29, 1.82) is 0 Å². The summed E-state index contributed by atoms with van der Waals surface area (Å²) in [4.78, 5) is 17.1. The van der Waals surface area contributed by atoms with Gasteiger partial charge in [-0.3, -0.25) is 9.69 Å². The van der Waals surface area contributed by atoms with Crippen LogP contribution in [0.1, 0.15) is 27.9 Å². The molecule has 28 heavy (non-hydrogen) atoms. The topological polar surface area (TPSA) is 57.7 Å². The lowest BCUT2D eigenvalue weighted by Gasteiger charge is -2.23. The lowest BCUT2D eigenvalue weighted by molar-refractivity contribution is 0.0761. The minimum atomic E-state index is -3.49. The van der Waals surface area contributed by atoms with Crippen LogP contribution in [0.25, 0.3) is 0 Å². The molecule has 5 nitrogen and oxygen atoms in total. The van der Waals surface area contributed by atoms with Gasteiger partial charge in [-0.25, -0.2) is 8.42 Å². The van der Waals surface area contributed by atoms with E-state index in [1.807, 2.05) is 6.07 Å². The SMILES string of the molecule is Cc1ccccc1CN1CCCN(C(=O)c2ccc(Cl)c(S(C)(=O)=O)c2)CC1. The Morgan fingerprint density at radius 2 is 1.82 bits per heavy atom. The van der Waals surface area contributed by atoms with E-state index < -0.39 is 9.84 Å². The maximum Gasteiger partial charge on any atom is 0.253 e. The van der Waals surface area contributed by atoms with Crippen molar-refractivity contribution >= 4 is 27.3 Å². The van der Waals surface area contributed by atoms with E-state index in [1.165, 1.54) is 23.3 Å². The fourth-order valence-corrected chi connectivity index (χ4v) is 4.76.